The van der Waals surface area contributed by atoms with Crippen LogP contribution in [0.1, 0.15) is 26.2 Å². The Balaban J connectivity index is 2.42. The van der Waals surface area contributed by atoms with Gasteiger partial charge >= 0.3 is 12.0 Å². The predicted octanol–water partition coefficient (Wildman–Crippen LogP) is 2.60. The number of ether oxygens (including phenoxy) is 2. The Labute approximate surface area is 120 Å². The first-order chi connectivity index (χ1) is 9.69. The van der Waals surface area contributed by atoms with Crippen LogP contribution in [0.25, 0.3) is 0 Å². The van der Waals surface area contributed by atoms with Crippen molar-refractivity contribution in [3.8, 4) is 12.0 Å². The van der Waals surface area contributed by atoms with Crippen LogP contribution in [-0.2, 0) is 0 Å². The van der Waals surface area contributed by atoms with Gasteiger partial charge in [-0.3, -0.25) is 0 Å². The Bertz CT molecular complexity index is 438. The molecule has 6 nitrogen and oxygen atoms in total. The summed E-state index contributed by atoms with van der Waals surface area (Å²) in [6.07, 6.45) is 7.07. The van der Waals surface area contributed by atoms with Gasteiger partial charge in [-0.05, 0) is 26.2 Å². The van der Waals surface area contributed by atoms with Crippen LogP contribution in [0.5, 0.6) is 12.0 Å². The molecule has 0 saturated carbocycles. The number of nitrogens with one attached hydrogen (secondary N) is 1. The minimum atomic E-state index is 0.237. The maximum absolute atomic E-state index is 4.98. The van der Waals surface area contributed by atoms with Crippen LogP contribution in [0, 0.1) is 0 Å². The van der Waals surface area contributed by atoms with E-state index in [1.54, 1.807) is 0 Å². The smallest absolute Gasteiger partial charge is 0.324 e. The summed E-state index contributed by atoms with van der Waals surface area (Å²) in [6, 6.07) is 0.474. The first kappa shape index (κ1) is 15.9. The van der Waals surface area contributed by atoms with Crippen LogP contribution < -0.4 is 14.8 Å². The van der Waals surface area contributed by atoms with E-state index in [1.165, 1.54) is 19.8 Å². The molecule has 0 radical (unpaired) electrons. The average Bonchev–Trinajstić information content (AvgIpc) is 2.46. The number of unbranched alkanes of at least 4 members (excludes halogenated alkanes) is 1. The molecule has 1 heterocycles. The van der Waals surface area contributed by atoms with Crippen LogP contribution in [0.15, 0.2) is 24.3 Å². The second kappa shape index (κ2) is 8.90. The van der Waals surface area contributed by atoms with Crippen molar-refractivity contribution in [2.24, 2.45) is 0 Å². The number of hydrogen-bond acceptors (Lipinski definition) is 6. The number of rotatable bonds is 9. The molecule has 0 amide bonds. The van der Waals surface area contributed by atoms with E-state index in [2.05, 4.69) is 39.8 Å². The minimum Gasteiger partial charge on any atom is -0.467 e. The standard InChI is InChI=1S/C14H22N4O2/c1-5-8-11(2)9-6-7-10-15-12-16-13(19-3)18-14(17-12)20-4/h5,9H,1,6-8,10H2,2-4H3,(H,15,16,17,18)/b11-9-. The molecular weight excluding hydrogens is 256 g/mol. The maximum atomic E-state index is 4.98. The maximum Gasteiger partial charge on any atom is 0.324 e. The lowest BCUT2D eigenvalue weighted by atomic mass is 10.1. The highest BCUT2D eigenvalue weighted by Crippen LogP contribution is 2.12. The van der Waals surface area contributed by atoms with Crippen molar-refractivity contribution in [1.29, 1.82) is 0 Å². The Kier molecular flexibility index (Phi) is 7.10. The zero-order valence-electron chi connectivity index (χ0n) is 12.3. The summed E-state index contributed by atoms with van der Waals surface area (Å²) in [5.41, 5.74) is 1.34. The number of aromatic nitrogens is 3. The van der Waals surface area contributed by atoms with Crippen molar-refractivity contribution in [3.05, 3.63) is 24.3 Å². The van der Waals surface area contributed by atoms with E-state index in [1.807, 2.05) is 6.08 Å². The number of anilines is 1. The topological polar surface area (TPSA) is 69.2 Å². The Morgan fingerprint density at radius 2 is 1.85 bits per heavy atom. The summed E-state index contributed by atoms with van der Waals surface area (Å²) in [5, 5.41) is 3.13. The summed E-state index contributed by atoms with van der Waals surface area (Å²) in [5.74, 6) is 0.459. The minimum absolute atomic E-state index is 0.237. The van der Waals surface area contributed by atoms with Crippen LogP contribution >= 0.6 is 0 Å². The molecule has 0 saturated heterocycles. The van der Waals surface area contributed by atoms with E-state index >= 15 is 0 Å². The van der Waals surface area contributed by atoms with Crippen molar-refractivity contribution in [1.82, 2.24) is 15.0 Å². The summed E-state index contributed by atoms with van der Waals surface area (Å²) in [6.45, 7) is 6.60. The van der Waals surface area contributed by atoms with Gasteiger partial charge in [0.1, 0.15) is 0 Å². The quantitative estimate of drug-likeness (QED) is 0.553. The molecule has 6 heteroatoms. The molecule has 0 aliphatic carbocycles. The lowest BCUT2D eigenvalue weighted by Gasteiger charge is -2.06. The normalized spacial score (nSPS) is 11.1. The number of hydrogen-bond donors (Lipinski definition) is 1. The second-order valence-electron chi connectivity index (χ2n) is 4.24. The van der Waals surface area contributed by atoms with Gasteiger partial charge in [0, 0.05) is 6.54 Å². The van der Waals surface area contributed by atoms with Gasteiger partial charge in [-0.1, -0.05) is 17.7 Å². The van der Waals surface area contributed by atoms with Crippen LogP contribution in [0.2, 0.25) is 0 Å². The van der Waals surface area contributed by atoms with Crippen molar-refractivity contribution in [2.45, 2.75) is 26.2 Å². The van der Waals surface area contributed by atoms with Crippen LogP contribution in [0.4, 0.5) is 5.95 Å². The molecule has 0 spiro atoms. The van der Waals surface area contributed by atoms with E-state index < -0.39 is 0 Å². The third kappa shape index (κ3) is 5.69. The third-order valence-electron chi connectivity index (χ3n) is 2.58. The number of allylic oxidation sites excluding steroid dienone is 3. The van der Waals surface area contributed by atoms with Gasteiger partial charge in [0.25, 0.3) is 0 Å². The van der Waals surface area contributed by atoms with Gasteiger partial charge < -0.3 is 14.8 Å². The fourth-order valence-corrected chi connectivity index (χ4v) is 1.56. The Hall–Kier alpha value is -2.11. The predicted molar refractivity (Wildman–Crippen MR) is 79.2 cm³/mol. The Morgan fingerprint density at radius 1 is 1.20 bits per heavy atom. The van der Waals surface area contributed by atoms with E-state index in [0.29, 0.717) is 5.95 Å². The van der Waals surface area contributed by atoms with E-state index in [4.69, 9.17) is 9.47 Å². The lowest BCUT2D eigenvalue weighted by Crippen LogP contribution is -2.08. The molecule has 0 fully saturated rings. The summed E-state index contributed by atoms with van der Waals surface area (Å²) in [7, 11) is 3.01. The summed E-state index contributed by atoms with van der Waals surface area (Å²) < 4.78 is 9.96. The first-order valence-corrected chi connectivity index (χ1v) is 6.54. The SMILES string of the molecule is C=CC/C(C)=C\CCCNc1nc(OC)nc(OC)n1. The largest absolute Gasteiger partial charge is 0.467 e. The monoisotopic (exact) mass is 278 g/mol. The highest BCUT2D eigenvalue weighted by molar-refractivity contribution is 5.27. The summed E-state index contributed by atoms with van der Waals surface area (Å²) in [4.78, 5) is 12.1. The van der Waals surface area contributed by atoms with Gasteiger partial charge in [0.05, 0.1) is 14.2 Å². The van der Waals surface area contributed by atoms with Crippen molar-refractivity contribution >= 4 is 5.95 Å². The molecular formula is C14H22N4O2. The van der Waals surface area contributed by atoms with Crippen LogP contribution in [-0.4, -0.2) is 35.7 Å². The second-order valence-corrected chi connectivity index (χ2v) is 4.24. The lowest BCUT2D eigenvalue weighted by molar-refractivity contribution is 0.341. The van der Waals surface area contributed by atoms with E-state index in [-0.39, 0.29) is 12.0 Å². The number of methoxy groups -OCH3 is 2. The van der Waals surface area contributed by atoms with Crippen LogP contribution in [0.3, 0.4) is 0 Å². The molecule has 1 rings (SSSR count). The molecule has 0 atom stereocenters. The Morgan fingerprint density at radius 3 is 2.40 bits per heavy atom. The molecule has 0 unspecified atom stereocenters. The fraction of sp³-hybridized carbons (Fsp3) is 0.500. The van der Waals surface area contributed by atoms with Crippen molar-refractivity contribution in [2.75, 3.05) is 26.1 Å². The highest BCUT2D eigenvalue weighted by atomic mass is 16.5. The molecule has 0 aliphatic heterocycles. The van der Waals surface area contributed by atoms with Crippen molar-refractivity contribution < 1.29 is 9.47 Å². The van der Waals surface area contributed by atoms with Gasteiger partial charge in [-0.2, -0.15) is 9.97 Å². The first-order valence-electron chi connectivity index (χ1n) is 6.54. The fourth-order valence-electron chi connectivity index (χ4n) is 1.56. The highest BCUT2D eigenvalue weighted by Gasteiger charge is 2.05. The van der Waals surface area contributed by atoms with E-state index in [9.17, 15) is 0 Å². The van der Waals surface area contributed by atoms with Gasteiger partial charge in [0.15, 0.2) is 0 Å². The molecule has 0 bridgehead atoms. The zero-order chi connectivity index (χ0) is 14.8. The molecule has 110 valence electrons. The van der Waals surface area contributed by atoms with E-state index in [0.717, 1.165) is 25.8 Å². The molecule has 0 aliphatic rings. The van der Waals surface area contributed by atoms with Gasteiger partial charge in [-0.15, -0.1) is 11.6 Å². The molecule has 20 heavy (non-hydrogen) atoms. The van der Waals surface area contributed by atoms with Gasteiger partial charge in [-0.25, -0.2) is 0 Å². The third-order valence-corrected chi connectivity index (χ3v) is 2.58. The van der Waals surface area contributed by atoms with Gasteiger partial charge in [0.2, 0.25) is 5.95 Å². The molecule has 0 aromatic carbocycles. The summed E-state index contributed by atoms with van der Waals surface area (Å²) >= 11 is 0. The van der Waals surface area contributed by atoms with Crippen molar-refractivity contribution in [3.63, 3.8) is 0 Å². The molecule has 1 aromatic heterocycles. The number of nitrogens with zero attached hydrogens (tertiary/aromatic N) is 3. The zero-order valence-corrected chi connectivity index (χ0v) is 12.3. The average molecular weight is 278 g/mol. The molecule has 1 aromatic rings. The molecule has 1 N–H and O–H groups in total.